The average molecular weight is 314 g/mol. The first-order valence-corrected chi connectivity index (χ1v) is 7.21. The number of nitrogens with zero attached hydrogens (tertiary/aromatic N) is 1. The predicted octanol–water partition coefficient (Wildman–Crippen LogP) is 2.86. The maximum absolute atomic E-state index is 5.80. The largest absolute Gasteiger partial charge is 0.491 e. The van der Waals surface area contributed by atoms with Crippen molar-refractivity contribution in [1.29, 1.82) is 0 Å². The summed E-state index contributed by atoms with van der Waals surface area (Å²) in [5, 5.41) is 0. The summed E-state index contributed by atoms with van der Waals surface area (Å²) in [7, 11) is 0. The molecule has 1 aromatic rings. The smallest absolute Gasteiger partial charge is 0.119 e. The molecule has 0 aliphatic carbocycles. The molecule has 1 unspecified atom stereocenters. The lowest BCUT2D eigenvalue weighted by atomic mass is 10.2. The summed E-state index contributed by atoms with van der Waals surface area (Å²) < 4.78 is 12.6. The van der Waals surface area contributed by atoms with Crippen LogP contribution >= 0.6 is 15.9 Å². The van der Waals surface area contributed by atoms with Gasteiger partial charge in [0, 0.05) is 17.6 Å². The lowest BCUT2D eigenvalue weighted by molar-refractivity contribution is -0.0464. The van der Waals surface area contributed by atoms with Crippen LogP contribution in [0.1, 0.15) is 12.5 Å². The number of halogens is 1. The molecule has 0 spiro atoms. The third-order valence-corrected chi connectivity index (χ3v) is 4.13. The van der Waals surface area contributed by atoms with Crippen molar-refractivity contribution in [3.05, 3.63) is 28.2 Å². The van der Waals surface area contributed by atoms with E-state index in [1.54, 1.807) is 0 Å². The fourth-order valence-corrected chi connectivity index (χ4v) is 2.31. The number of morpholine rings is 1. The summed E-state index contributed by atoms with van der Waals surface area (Å²) >= 11 is 3.49. The van der Waals surface area contributed by atoms with Gasteiger partial charge in [0.05, 0.1) is 6.61 Å². The molecule has 1 aliphatic heterocycles. The third kappa shape index (κ3) is 3.70. The van der Waals surface area contributed by atoms with Gasteiger partial charge in [0.2, 0.25) is 0 Å². The topological polar surface area (TPSA) is 21.7 Å². The Hall–Kier alpha value is -0.580. The van der Waals surface area contributed by atoms with E-state index in [2.05, 4.69) is 34.7 Å². The standard InChI is InChI=1S/C14H20BrNO2/c1-3-16-6-7-17-13(9-16)10-18-12-4-5-14(15)11(2)8-12/h4-5,8,13H,3,6-7,9-10H2,1-2H3. The highest BCUT2D eigenvalue weighted by Gasteiger charge is 2.19. The van der Waals surface area contributed by atoms with Gasteiger partial charge in [-0.3, -0.25) is 4.90 Å². The summed E-state index contributed by atoms with van der Waals surface area (Å²) in [6.45, 7) is 8.75. The van der Waals surface area contributed by atoms with E-state index in [9.17, 15) is 0 Å². The van der Waals surface area contributed by atoms with Crippen molar-refractivity contribution < 1.29 is 9.47 Å². The zero-order valence-corrected chi connectivity index (χ0v) is 12.6. The van der Waals surface area contributed by atoms with Crippen molar-refractivity contribution in [3.63, 3.8) is 0 Å². The summed E-state index contributed by atoms with van der Waals surface area (Å²) in [5.74, 6) is 0.910. The molecule has 100 valence electrons. The number of ether oxygens (including phenoxy) is 2. The first-order valence-electron chi connectivity index (χ1n) is 6.42. The molecule has 0 N–H and O–H groups in total. The zero-order valence-electron chi connectivity index (χ0n) is 11.0. The fraction of sp³-hybridized carbons (Fsp3) is 0.571. The van der Waals surface area contributed by atoms with Crippen LogP contribution in [-0.2, 0) is 4.74 Å². The average Bonchev–Trinajstić information content (AvgIpc) is 2.40. The van der Waals surface area contributed by atoms with Gasteiger partial charge in [0.1, 0.15) is 18.5 Å². The van der Waals surface area contributed by atoms with Gasteiger partial charge in [-0.2, -0.15) is 0 Å². The zero-order chi connectivity index (χ0) is 13.0. The van der Waals surface area contributed by atoms with Crippen LogP contribution in [0.15, 0.2) is 22.7 Å². The highest BCUT2D eigenvalue weighted by Crippen LogP contribution is 2.22. The maximum Gasteiger partial charge on any atom is 0.119 e. The summed E-state index contributed by atoms with van der Waals surface area (Å²) in [6, 6.07) is 6.05. The van der Waals surface area contributed by atoms with Crippen molar-refractivity contribution in [2.75, 3.05) is 32.8 Å². The number of aryl methyl sites for hydroxylation is 1. The first-order chi connectivity index (χ1) is 8.69. The van der Waals surface area contributed by atoms with Gasteiger partial charge in [0.15, 0.2) is 0 Å². The minimum atomic E-state index is 0.183. The van der Waals surface area contributed by atoms with E-state index in [0.717, 1.165) is 36.5 Å². The van der Waals surface area contributed by atoms with E-state index in [0.29, 0.717) is 6.61 Å². The summed E-state index contributed by atoms with van der Waals surface area (Å²) in [5.41, 5.74) is 1.19. The van der Waals surface area contributed by atoms with E-state index in [-0.39, 0.29) is 6.10 Å². The van der Waals surface area contributed by atoms with E-state index in [1.807, 2.05) is 18.2 Å². The molecule has 3 nitrogen and oxygen atoms in total. The predicted molar refractivity (Wildman–Crippen MR) is 76.2 cm³/mol. The summed E-state index contributed by atoms with van der Waals surface area (Å²) in [6.07, 6.45) is 0.183. The third-order valence-electron chi connectivity index (χ3n) is 3.24. The Bertz CT molecular complexity index is 397. The highest BCUT2D eigenvalue weighted by atomic mass is 79.9. The van der Waals surface area contributed by atoms with Gasteiger partial charge in [-0.1, -0.05) is 22.9 Å². The van der Waals surface area contributed by atoms with Gasteiger partial charge in [-0.15, -0.1) is 0 Å². The molecule has 18 heavy (non-hydrogen) atoms. The molecule has 1 aromatic carbocycles. The maximum atomic E-state index is 5.80. The molecule has 1 saturated heterocycles. The molecular weight excluding hydrogens is 294 g/mol. The van der Waals surface area contributed by atoms with E-state index < -0.39 is 0 Å². The Kier molecular flexibility index (Phi) is 5.03. The quantitative estimate of drug-likeness (QED) is 0.853. The molecule has 0 aromatic heterocycles. The molecular formula is C14H20BrNO2. The van der Waals surface area contributed by atoms with E-state index in [4.69, 9.17) is 9.47 Å². The Labute approximate surface area is 117 Å². The first kappa shape index (κ1) is 13.8. The van der Waals surface area contributed by atoms with Crippen LogP contribution in [-0.4, -0.2) is 43.9 Å². The van der Waals surface area contributed by atoms with Crippen molar-refractivity contribution in [2.24, 2.45) is 0 Å². The second-order valence-electron chi connectivity index (χ2n) is 4.61. The molecule has 1 atom stereocenters. The lowest BCUT2D eigenvalue weighted by Gasteiger charge is -2.31. The van der Waals surface area contributed by atoms with Crippen molar-refractivity contribution >= 4 is 15.9 Å². The number of rotatable bonds is 4. The molecule has 1 aliphatic rings. The molecule has 0 saturated carbocycles. The molecule has 1 fully saturated rings. The lowest BCUT2D eigenvalue weighted by Crippen LogP contribution is -2.44. The van der Waals surface area contributed by atoms with Gasteiger partial charge in [-0.25, -0.2) is 0 Å². The second kappa shape index (κ2) is 6.55. The SMILES string of the molecule is CCN1CCOC(COc2ccc(Br)c(C)c2)C1. The summed E-state index contributed by atoms with van der Waals surface area (Å²) in [4.78, 5) is 2.39. The Morgan fingerprint density at radius 2 is 2.33 bits per heavy atom. The number of hydrogen-bond acceptors (Lipinski definition) is 3. The molecule has 0 bridgehead atoms. The monoisotopic (exact) mass is 313 g/mol. The molecule has 4 heteroatoms. The van der Waals surface area contributed by atoms with Gasteiger partial charge < -0.3 is 9.47 Å². The van der Waals surface area contributed by atoms with Crippen molar-refractivity contribution in [2.45, 2.75) is 20.0 Å². The van der Waals surface area contributed by atoms with Crippen LogP contribution in [0.2, 0.25) is 0 Å². The highest BCUT2D eigenvalue weighted by molar-refractivity contribution is 9.10. The van der Waals surface area contributed by atoms with Gasteiger partial charge in [0.25, 0.3) is 0 Å². The van der Waals surface area contributed by atoms with Crippen LogP contribution in [0.3, 0.4) is 0 Å². The van der Waals surface area contributed by atoms with Crippen molar-refractivity contribution in [3.8, 4) is 5.75 Å². The molecule has 0 amide bonds. The minimum absolute atomic E-state index is 0.183. The number of likely N-dealkylation sites (N-methyl/N-ethyl adjacent to an activating group) is 1. The Balaban J connectivity index is 1.85. The fourth-order valence-electron chi connectivity index (χ4n) is 2.06. The molecule has 2 rings (SSSR count). The van der Waals surface area contributed by atoms with Crippen LogP contribution in [0.25, 0.3) is 0 Å². The van der Waals surface area contributed by atoms with Crippen LogP contribution < -0.4 is 4.74 Å². The minimum Gasteiger partial charge on any atom is -0.491 e. The molecule has 1 heterocycles. The van der Waals surface area contributed by atoms with Crippen molar-refractivity contribution in [1.82, 2.24) is 4.90 Å². The second-order valence-corrected chi connectivity index (χ2v) is 5.46. The number of hydrogen-bond donors (Lipinski definition) is 0. The normalized spacial score (nSPS) is 20.9. The van der Waals surface area contributed by atoms with E-state index >= 15 is 0 Å². The number of benzene rings is 1. The molecule has 0 radical (unpaired) electrons. The van der Waals surface area contributed by atoms with Crippen LogP contribution in [0.4, 0.5) is 0 Å². The Morgan fingerprint density at radius 1 is 1.50 bits per heavy atom. The van der Waals surface area contributed by atoms with Crippen LogP contribution in [0, 0.1) is 6.92 Å². The van der Waals surface area contributed by atoms with Crippen LogP contribution in [0.5, 0.6) is 5.75 Å². The van der Waals surface area contributed by atoms with E-state index in [1.165, 1.54) is 5.56 Å². The van der Waals surface area contributed by atoms with Gasteiger partial charge >= 0.3 is 0 Å². The van der Waals surface area contributed by atoms with Gasteiger partial charge in [-0.05, 0) is 37.2 Å². The Morgan fingerprint density at radius 3 is 3.06 bits per heavy atom.